The van der Waals surface area contributed by atoms with Gasteiger partial charge in [-0.05, 0) is 122 Å². The number of nitrogens with zero attached hydrogens (tertiary/aromatic N) is 1. The van der Waals surface area contributed by atoms with Crippen LogP contribution in [0, 0.1) is 46.3 Å². The Balaban J connectivity index is 4.78. The maximum Gasteiger partial charge on any atom is 0.312 e. The monoisotopic (exact) mass is 842 g/mol. The fourth-order valence-corrected chi connectivity index (χ4v) is 7.75. The number of carbonyl (C=O) groups is 3. The van der Waals surface area contributed by atoms with Gasteiger partial charge >= 0.3 is 17.9 Å². The minimum Gasteiger partial charge on any atom is -0.462 e. The number of esters is 3. The third-order valence-electron chi connectivity index (χ3n) is 11.9. The Hall–Kier alpha value is -2.51. The maximum atomic E-state index is 12.9. The van der Waals surface area contributed by atoms with Crippen molar-refractivity contribution < 1.29 is 28.6 Å². The van der Waals surface area contributed by atoms with E-state index in [0.717, 1.165) is 90.0 Å². The lowest BCUT2D eigenvalue weighted by Crippen LogP contribution is -2.26. The van der Waals surface area contributed by atoms with Gasteiger partial charge in [0.2, 0.25) is 0 Å². The lowest BCUT2D eigenvalue weighted by molar-refractivity contribution is -0.153. The quantitative estimate of drug-likeness (QED) is 0.0267. The smallest absolute Gasteiger partial charge is 0.312 e. The molecule has 0 N–H and O–H groups in total. The van der Waals surface area contributed by atoms with Crippen molar-refractivity contribution in [1.29, 1.82) is 0 Å². The molecule has 0 aromatic rings. The fraction of sp³-hybridized carbons (Fsp3) is 0.868. The van der Waals surface area contributed by atoms with Crippen molar-refractivity contribution in [2.24, 2.45) is 22.7 Å². The highest BCUT2D eigenvalue weighted by Crippen LogP contribution is 2.30. The summed E-state index contributed by atoms with van der Waals surface area (Å²) in [5.74, 6) is 13.6. The number of carbonyl (C=O) groups excluding carboxylic acids is 3. The molecule has 0 aromatic heterocycles. The van der Waals surface area contributed by atoms with E-state index < -0.39 is 5.41 Å². The average Bonchev–Trinajstić information content (AvgIpc) is 3.19. The van der Waals surface area contributed by atoms with Crippen molar-refractivity contribution >= 4 is 17.9 Å². The first-order valence-electron chi connectivity index (χ1n) is 24.8. The van der Waals surface area contributed by atoms with Gasteiger partial charge in [0.25, 0.3) is 0 Å². The first-order chi connectivity index (χ1) is 28.7. The summed E-state index contributed by atoms with van der Waals surface area (Å²) in [7, 11) is 4.03. The summed E-state index contributed by atoms with van der Waals surface area (Å²) in [6.07, 6.45) is 28.6. The standard InChI is InChI=1S/C53H95NO6/c1-11-15-21-34-47(33-18-14-4)36-24-28-43-58-50(56)45-52(5,6)40-26-19-22-37-48(60-49(55)39-30-42-54(9)10)38-23-20-27-41-53(7,8)51(57)59-44-29-25-35-46(31-16-12-2)32-17-13-3/h46-48H,11-23,26-27,30-45H2,1-10H3. The number of ether oxygens (including phenoxy) is 3. The van der Waals surface area contributed by atoms with Gasteiger partial charge in [0.1, 0.15) is 6.10 Å². The van der Waals surface area contributed by atoms with Crippen LogP contribution in [0.4, 0.5) is 0 Å². The molecule has 2 unspecified atom stereocenters. The number of hydrogen-bond acceptors (Lipinski definition) is 7. The summed E-state index contributed by atoms with van der Waals surface area (Å²) in [6.45, 7) is 18.4. The molecule has 0 amide bonds. The van der Waals surface area contributed by atoms with Crippen molar-refractivity contribution in [3.63, 3.8) is 0 Å². The fourth-order valence-electron chi connectivity index (χ4n) is 7.75. The minimum atomic E-state index is -0.561. The zero-order valence-corrected chi connectivity index (χ0v) is 41.0. The lowest BCUT2D eigenvalue weighted by atomic mass is 9.83. The van der Waals surface area contributed by atoms with Crippen molar-refractivity contribution in [2.75, 3.05) is 33.9 Å². The summed E-state index contributed by atoms with van der Waals surface area (Å²) in [6, 6.07) is 0. The Morgan fingerprint density at radius 2 is 1.02 bits per heavy atom. The van der Waals surface area contributed by atoms with Crippen molar-refractivity contribution in [3.05, 3.63) is 0 Å². The van der Waals surface area contributed by atoms with E-state index in [4.69, 9.17) is 14.2 Å². The summed E-state index contributed by atoms with van der Waals surface area (Å²) in [5, 5.41) is 0. The third-order valence-corrected chi connectivity index (χ3v) is 11.9. The molecule has 0 aromatic carbocycles. The maximum absolute atomic E-state index is 12.9. The van der Waals surface area contributed by atoms with Gasteiger partial charge in [-0.2, -0.15) is 0 Å². The predicted octanol–water partition coefficient (Wildman–Crippen LogP) is 13.8. The largest absolute Gasteiger partial charge is 0.462 e. The Morgan fingerprint density at radius 3 is 1.53 bits per heavy atom. The molecule has 0 saturated carbocycles. The SMILES string of the molecule is CCCCCC(CC#CCOC(=O)CC(C)(C)CCCCCC(CCCCCC(C)(C)C(=O)OCC#CCC(CCCC)CCCC)OC(=O)CCCN(C)C)CCCC. The molecule has 0 heterocycles. The Morgan fingerprint density at radius 1 is 0.533 bits per heavy atom. The normalized spacial score (nSPS) is 12.7. The van der Waals surface area contributed by atoms with E-state index in [1.54, 1.807) is 0 Å². The topological polar surface area (TPSA) is 82.1 Å². The third kappa shape index (κ3) is 34.1. The van der Waals surface area contributed by atoms with Gasteiger partial charge in [-0.1, -0.05) is 149 Å². The van der Waals surface area contributed by atoms with Gasteiger partial charge in [0.15, 0.2) is 13.2 Å². The lowest BCUT2D eigenvalue weighted by Gasteiger charge is -2.23. The molecule has 0 fully saturated rings. The molecular formula is C53H95NO6. The second-order valence-electron chi connectivity index (χ2n) is 19.4. The van der Waals surface area contributed by atoms with Crippen LogP contribution in [0.2, 0.25) is 0 Å². The Kier molecular flexibility index (Phi) is 35.5. The van der Waals surface area contributed by atoms with Gasteiger partial charge in [-0.3, -0.25) is 14.4 Å². The number of unbranched alkanes of at least 4 members (excludes halogenated alkanes) is 9. The molecule has 0 aliphatic rings. The first kappa shape index (κ1) is 57.5. The van der Waals surface area contributed by atoms with E-state index in [0.29, 0.717) is 24.7 Å². The molecule has 0 radical (unpaired) electrons. The van der Waals surface area contributed by atoms with Gasteiger partial charge in [-0.15, -0.1) is 0 Å². The molecule has 7 nitrogen and oxygen atoms in total. The second kappa shape index (κ2) is 37.1. The highest BCUT2D eigenvalue weighted by Gasteiger charge is 2.29. The van der Waals surface area contributed by atoms with Crippen LogP contribution < -0.4 is 0 Å². The number of hydrogen-bond donors (Lipinski definition) is 0. The second-order valence-corrected chi connectivity index (χ2v) is 19.4. The highest BCUT2D eigenvalue weighted by atomic mass is 16.5. The Bertz CT molecular complexity index is 1210. The van der Waals surface area contributed by atoms with Crippen LogP contribution in [0.5, 0.6) is 0 Å². The van der Waals surface area contributed by atoms with Crippen molar-refractivity contribution in [2.45, 2.75) is 241 Å². The average molecular weight is 842 g/mol. The van der Waals surface area contributed by atoms with Crippen molar-refractivity contribution in [1.82, 2.24) is 4.90 Å². The molecule has 60 heavy (non-hydrogen) atoms. The summed E-state index contributed by atoms with van der Waals surface area (Å²) < 4.78 is 17.1. The van der Waals surface area contributed by atoms with Gasteiger partial charge in [-0.25, -0.2) is 0 Å². The van der Waals surface area contributed by atoms with Crippen LogP contribution in [0.15, 0.2) is 0 Å². The summed E-state index contributed by atoms with van der Waals surface area (Å²) in [5.41, 5.74) is -0.708. The van der Waals surface area contributed by atoms with Crippen LogP contribution in [-0.2, 0) is 28.6 Å². The number of rotatable bonds is 37. The van der Waals surface area contributed by atoms with Gasteiger partial charge < -0.3 is 19.1 Å². The molecule has 348 valence electrons. The van der Waals surface area contributed by atoms with Crippen LogP contribution in [0.3, 0.4) is 0 Å². The van der Waals surface area contributed by atoms with Crippen LogP contribution in [0.25, 0.3) is 0 Å². The van der Waals surface area contributed by atoms with E-state index >= 15 is 0 Å². The molecule has 0 saturated heterocycles. The molecule has 0 aliphatic heterocycles. The molecule has 0 spiro atoms. The van der Waals surface area contributed by atoms with E-state index in [9.17, 15) is 14.4 Å². The van der Waals surface area contributed by atoms with Crippen LogP contribution in [-0.4, -0.2) is 62.8 Å². The van der Waals surface area contributed by atoms with Crippen LogP contribution in [0.1, 0.15) is 235 Å². The summed E-state index contributed by atoms with van der Waals surface area (Å²) in [4.78, 5) is 40.4. The summed E-state index contributed by atoms with van der Waals surface area (Å²) >= 11 is 0. The van der Waals surface area contributed by atoms with E-state index in [2.05, 4.69) is 70.1 Å². The zero-order chi connectivity index (χ0) is 44.9. The molecule has 0 aliphatic carbocycles. The first-order valence-corrected chi connectivity index (χ1v) is 24.8. The Labute approximate surface area is 371 Å². The van der Waals surface area contributed by atoms with E-state index in [1.807, 2.05) is 27.9 Å². The van der Waals surface area contributed by atoms with Gasteiger partial charge in [0.05, 0.1) is 11.8 Å². The van der Waals surface area contributed by atoms with Crippen LogP contribution >= 0.6 is 0 Å². The molecule has 0 rings (SSSR count). The molecule has 0 bridgehead atoms. The van der Waals surface area contributed by atoms with E-state index in [-0.39, 0.29) is 42.6 Å². The molecular weight excluding hydrogens is 747 g/mol. The molecule has 2 atom stereocenters. The highest BCUT2D eigenvalue weighted by molar-refractivity contribution is 5.76. The molecule has 7 heteroatoms. The van der Waals surface area contributed by atoms with E-state index in [1.165, 1.54) is 83.5 Å². The minimum absolute atomic E-state index is 0.0979. The zero-order valence-electron chi connectivity index (χ0n) is 41.0. The van der Waals surface area contributed by atoms with Crippen molar-refractivity contribution in [3.8, 4) is 23.7 Å². The predicted molar refractivity (Wildman–Crippen MR) is 252 cm³/mol. The van der Waals surface area contributed by atoms with Gasteiger partial charge in [0, 0.05) is 19.3 Å².